The number of benzene rings is 5. The number of nitrogens with two attached hydrogens (primary N) is 2. The highest BCUT2D eigenvalue weighted by Crippen LogP contribution is 2.33. The number of rotatable bonds is 0. The van der Waals surface area contributed by atoms with E-state index in [-0.39, 0.29) is 7.55 Å². The smallest absolute Gasteiger partial charge is 0.280 e. The lowest BCUT2D eigenvalue weighted by Crippen LogP contribution is -2.15. The van der Waals surface area contributed by atoms with E-state index in [1.807, 2.05) is 0 Å². The molecule has 0 saturated heterocycles. The van der Waals surface area contributed by atoms with Gasteiger partial charge in [0.1, 0.15) is 0 Å². The first-order valence-corrected chi connectivity index (χ1v) is 8.45. The Bertz CT molecular complexity index is 1190. The molecule has 4 N–H and O–H groups in total. The van der Waals surface area contributed by atoms with Crippen LogP contribution in [-0.2, 0) is 0 Å². The third-order valence-electron chi connectivity index (χ3n) is 4.61. The quantitative estimate of drug-likeness (QED) is 0.251. The van der Waals surface area contributed by atoms with Crippen LogP contribution in [0.4, 0.5) is 0 Å². The summed E-state index contributed by atoms with van der Waals surface area (Å²) in [6.07, 6.45) is 0. The average molecular weight is 322 g/mol. The van der Waals surface area contributed by atoms with Gasteiger partial charge in [0, 0.05) is 0 Å². The first-order chi connectivity index (χ1) is 12.3. The molecule has 3 heteroatoms. The van der Waals surface area contributed by atoms with Gasteiger partial charge >= 0.3 is 0 Å². The Labute approximate surface area is 147 Å². The fraction of sp³-hybridized carbons (Fsp3) is 0. The van der Waals surface area contributed by atoms with Gasteiger partial charge in [0.25, 0.3) is 7.55 Å². The molecule has 0 aliphatic rings. The van der Waals surface area contributed by atoms with Crippen molar-refractivity contribution in [3.8, 4) is 0 Å². The minimum atomic E-state index is 0.250. The van der Waals surface area contributed by atoms with E-state index in [0.29, 0.717) is 0 Å². The fourth-order valence-corrected chi connectivity index (χ4v) is 3.51. The van der Waals surface area contributed by atoms with Crippen LogP contribution in [0.5, 0.6) is 0 Å². The molecule has 0 spiro atoms. The van der Waals surface area contributed by atoms with Gasteiger partial charge in [-0.2, -0.15) is 0 Å². The lowest BCUT2D eigenvalue weighted by Gasteiger charge is -2.09. The Morgan fingerprint density at radius 1 is 0.440 bits per heavy atom. The summed E-state index contributed by atoms with van der Waals surface area (Å²) in [5, 5.41) is 10.5. The summed E-state index contributed by atoms with van der Waals surface area (Å²) in [5.74, 6) is 0. The van der Waals surface area contributed by atoms with Crippen LogP contribution in [0.3, 0.4) is 0 Å². The van der Waals surface area contributed by atoms with Gasteiger partial charge in [-0.3, -0.25) is 0 Å². The van der Waals surface area contributed by atoms with Crippen LogP contribution in [-0.4, -0.2) is 7.55 Å². The summed E-state index contributed by atoms with van der Waals surface area (Å²) in [7, 11) is 0.250. The predicted molar refractivity (Wildman–Crippen MR) is 112 cm³/mol. The third-order valence-corrected chi connectivity index (χ3v) is 4.61. The molecule has 0 heterocycles. The van der Waals surface area contributed by atoms with E-state index in [9.17, 15) is 0 Å². The SMILES string of the molecule is NBN.c1ccc2cc3c(ccc4c5ccccc5ccc34)cc2c1. The van der Waals surface area contributed by atoms with Crippen molar-refractivity contribution in [1.29, 1.82) is 0 Å². The Morgan fingerprint density at radius 3 is 1.68 bits per heavy atom. The summed E-state index contributed by atoms with van der Waals surface area (Å²) in [6, 6.07) is 30.8. The number of hydrogen-bond acceptors (Lipinski definition) is 2. The van der Waals surface area contributed by atoms with Gasteiger partial charge < -0.3 is 11.3 Å². The Balaban J connectivity index is 0.000000490. The molecule has 0 atom stereocenters. The van der Waals surface area contributed by atoms with Gasteiger partial charge in [-0.15, -0.1) is 0 Å². The molecule has 5 aromatic carbocycles. The Kier molecular flexibility index (Phi) is 4.10. The molecule has 5 rings (SSSR count). The molecule has 0 aliphatic carbocycles. The Hall–Kier alpha value is -2.88. The molecule has 0 amide bonds. The zero-order valence-corrected chi connectivity index (χ0v) is 13.9. The molecular weight excluding hydrogens is 303 g/mol. The normalized spacial score (nSPS) is 10.8. The van der Waals surface area contributed by atoms with E-state index >= 15 is 0 Å². The van der Waals surface area contributed by atoms with E-state index in [1.54, 1.807) is 0 Å². The van der Waals surface area contributed by atoms with Gasteiger partial charge in [0.05, 0.1) is 0 Å². The molecule has 0 aliphatic heterocycles. The van der Waals surface area contributed by atoms with Crippen LogP contribution in [0.1, 0.15) is 0 Å². The third kappa shape index (κ3) is 2.74. The molecule has 0 saturated carbocycles. The molecule has 0 aromatic heterocycles. The highest BCUT2D eigenvalue weighted by Gasteiger charge is 2.05. The van der Waals surface area contributed by atoms with E-state index in [0.717, 1.165) is 0 Å². The molecule has 5 aromatic rings. The first-order valence-electron chi connectivity index (χ1n) is 8.45. The minimum Gasteiger partial charge on any atom is -0.359 e. The average Bonchev–Trinajstić information content (AvgIpc) is 2.66. The summed E-state index contributed by atoms with van der Waals surface area (Å²) >= 11 is 0. The molecule has 2 nitrogen and oxygen atoms in total. The zero-order valence-electron chi connectivity index (χ0n) is 13.9. The second-order valence-corrected chi connectivity index (χ2v) is 6.10. The lowest BCUT2D eigenvalue weighted by atomic mass is 9.95. The van der Waals surface area contributed by atoms with Gasteiger partial charge in [0.2, 0.25) is 0 Å². The predicted octanol–water partition coefficient (Wildman–Crippen LogP) is 4.47. The van der Waals surface area contributed by atoms with Gasteiger partial charge in [-0.1, -0.05) is 72.8 Å². The Morgan fingerprint density at radius 2 is 0.960 bits per heavy atom. The van der Waals surface area contributed by atoms with Crippen molar-refractivity contribution in [2.75, 3.05) is 0 Å². The standard InChI is InChI=1S/C22H14.BH5N2/c1-2-7-17-14-22-18(13-16(17)6-1)10-12-20-19-8-4-3-5-15(19)9-11-21(20)22;2-1-3/h1-14H;1H,2-3H2. The molecule has 0 unspecified atom stereocenters. The van der Waals surface area contributed by atoms with Crippen molar-refractivity contribution in [2.45, 2.75) is 0 Å². The summed E-state index contributed by atoms with van der Waals surface area (Å²) in [4.78, 5) is 0. The number of fused-ring (bicyclic) bond motifs is 6. The fourth-order valence-electron chi connectivity index (χ4n) is 3.51. The molecule has 120 valence electrons. The number of hydrogen-bond donors (Lipinski definition) is 2. The van der Waals surface area contributed by atoms with Crippen molar-refractivity contribution in [3.05, 3.63) is 84.9 Å². The largest absolute Gasteiger partial charge is 0.359 e. The second-order valence-electron chi connectivity index (χ2n) is 6.10. The zero-order chi connectivity index (χ0) is 17.2. The summed E-state index contributed by atoms with van der Waals surface area (Å²) in [5.41, 5.74) is 9.25. The topological polar surface area (TPSA) is 52.0 Å². The molecule has 0 radical (unpaired) electrons. The summed E-state index contributed by atoms with van der Waals surface area (Å²) in [6.45, 7) is 0. The molecule has 25 heavy (non-hydrogen) atoms. The monoisotopic (exact) mass is 322 g/mol. The maximum absolute atomic E-state index is 4.62. The molecule has 0 fully saturated rings. The van der Waals surface area contributed by atoms with Gasteiger partial charge in [-0.05, 0) is 55.2 Å². The van der Waals surface area contributed by atoms with E-state index in [4.69, 9.17) is 0 Å². The first kappa shape index (κ1) is 15.6. The van der Waals surface area contributed by atoms with Crippen LogP contribution in [0.2, 0.25) is 0 Å². The van der Waals surface area contributed by atoms with Crippen LogP contribution in [0.15, 0.2) is 84.9 Å². The highest BCUT2D eigenvalue weighted by atomic mass is 14.5. The maximum Gasteiger partial charge on any atom is 0.280 e. The van der Waals surface area contributed by atoms with Crippen molar-refractivity contribution in [3.63, 3.8) is 0 Å². The lowest BCUT2D eigenvalue weighted by molar-refractivity contribution is 1.76. The van der Waals surface area contributed by atoms with Crippen LogP contribution in [0, 0.1) is 0 Å². The molecule has 0 bridgehead atoms. The maximum atomic E-state index is 4.62. The van der Waals surface area contributed by atoms with Crippen molar-refractivity contribution in [2.24, 2.45) is 11.3 Å². The minimum absolute atomic E-state index is 0.250. The van der Waals surface area contributed by atoms with Crippen molar-refractivity contribution >= 4 is 50.6 Å². The van der Waals surface area contributed by atoms with Crippen molar-refractivity contribution in [1.82, 2.24) is 0 Å². The van der Waals surface area contributed by atoms with Crippen LogP contribution < -0.4 is 11.3 Å². The highest BCUT2D eigenvalue weighted by molar-refractivity contribution is 6.26. The van der Waals surface area contributed by atoms with Crippen molar-refractivity contribution < 1.29 is 0 Å². The van der Waals surface area contributed by atoms with Gasteiger partial charge in [-0.25, -0.2) is 0 Å². The van der Waals surface area contributed by atoms with Gasteiger partial charge in [0.15, 0.2) is 0 Å². The van der Waals surface area contributed by atoms with E-state index in [1.165, 1.54) is 43.1 Å². The van der Waals surface area contributed by atoms with Crippen LogP contribution in [0.25, 0.3) is 43.1 Å². The second kappa shape index (κ2) is 6.56. The van der Waals surface area contributed by atoms with Crippen LogP contribution >= 0.6 is 0 Å². The summed E-state index contributed by atoms with van der Waals surface area (Å²) < 4.78 is 0. The van der Waals surface area contributed by atoms with E-state index < -0.39 is 0 Å². The molecular formula is C22H19BN2. The van der Waals surface area contributed by atoms with E-state index in [2.05, 4.69) is 96.2 Å².